The third kappa shape index (κ3) is 3.36. The predicted octanol–water partition coefficient (Wildman–Crippen LogP) is 3.59. The van der Waals surface area contributed by atoms with E-state index in [0.29, 0.717) is 31.3 Å². The number of rotatable bonds is 5. The summed E-state index contributed by atoms with van der Waals surface area (Å²) < 4.78 is 11.4. The Hall–Kier alpha value is -2.16. The van der Waals surface area contributed by atoms with Gasteiger partial charge in [-0.05, 0) is 38.2 Å². The van der Waals surface area contributed by atoms with E-state index in [-0.39, 0.29) is 0 Å². The van der Waals surface area contributed by atoms with Gasteiger partial charge < -0.3 is 14.8 Å². The first-order valence-corrected chi connectivity index (χ1v) is 10.6. The van der Waals surface area contributed by atoms with Crippen LogP contribution in [-0.4, -0.2) is 45.5 Å². The number of aryl methyl sites for hydroxylation is 2. The van der Waals surface area contributed by atoms with Gasteiger partial charge in [0.2, 0.25) is 0 Å². The van der Waals surface area contributed by atoms with Crippen LogP contribution in [0.5, 0.6) is 0 Å². The maximum atomic E-state index is 5.72. The van der Waals surface area contributed by atoms with Crippen molar-refractivity contribution in [1.29, 1.82) is 0 Å². The summed E-state index contributed by atoms with van der Waals surface area (Å²) in [4.78, 5) is 20.7. The molecule has 0 spiro atoms. The molecule has 1 aliphatic carbocycles. The Morgan fingerprint density at radius 2 is 2.00 bits per heavy atom. The molecule has 28 heavy (non-hydrogen) atoms. The quantitative estimate of drug-likeness (QED) is 0.704. The van der Waals surface area contributed by atoms with E-state index in [0.717, 1.165) is 29.9 Å². The summed E-state index contributed by atoms with van der Waals surface area (Å²) in [6, 6.07) is 0. The number of aromatic nitrogens is 4. The molecule has 0 aromatic carbocycles. The standard InChI is InChI=1S/C20H23N5O2S/c1-20(26-10-11-27-20)6-7-23-18-16-13-4-2-3-5-15(13)28-19(16)25-17(24-18)14-12-21-8-9-22-14/h8-9,12H,2-7,10-11H2,1H3,(H,23,24,25). The molecule has 0 radical (unpaired) electrons. The van der Waals surface area contributed by atoms with Crippen molar-refractivity contribution in [2.75, 3.05) is 25.1 Å². The van der Waals surface area contributed by atoms with Gasteiger partial charge in [0.25, 0.3) is 0 Å². The van der Waals surface area contributed by atoms with Crippen LogP contribution in [0, 0.1) is 0 Å². The van der Waals surface area contributed by atoms with Crippen molar-refractivity contribution in [2.24, 2.45) is 0 Å². The minimum atomic E-state index is -0.513. The lowest BCUT2D eigenvalue weighted by Crippen LogP contribution is -2.28. The van der Waals surface area contributed by atoms with E-state index in [2.05, 4.69) is 15.3 Å². The number of nitrogens with one attached hydrogen (secondary N) is 1. The van der Waals surface area contributed by atoms with E-state index in [1.54, 1.807) is 29.9 Å². The van der Waals surface area contributed by atoms with Crippen LogP contribution in [0.4, 0.5) is 5.82 Å². The fourth-order valence-electron chi connectivity index (χ4n) is 3.92. The Morgan fingerprint density at radius 3 is 2.82 bits per heavy atom. The van der Waals surface area contributed by atoms with Gasteiger partial charge in [0.1, 0.15) is 16.3 Å². The number of ether oxygens (including phenoxy) is 2. The average Bonchev–Trinajstić information content (AvgIpc) is 3.32. The highest BCUT2D eigenvalue weighted by atomic mass is 32.1. The third-order valence-corrected chi connectivity index (χ3v) is 6.56. The molecule has 0 unspecified atom stereocenters. The topological polar surface area (TPSA) is 82.1 Å². The lowest BCUT2D eigenvalue weighted by molar-refractivity contribution is -0.144. The van der Waals surface area contributed by atoms with Crippen molar-refractivity contribution in [3.05, 3.63) is 29.0 Å². The highest BCUT2D eigenvalue weighted by molar-refractivity contribution is 7.19. The Morgan fingerprint density at radius 1 is 1.14 bits per heavy atom. The summed E-state index contributed by atoms with van der Waals surface area (Å²) in [5.41, 5.74) is 2.10. The summed E-state index contributed by atoms with van der Waals surface area (Å²) >= 11 is 1.79. The van der Waals surface area contributed by atoms with Crippen LogP contribution < -0.4 is 5.32 Å². The first-order valence-electron chi connectivity index (χ1n) is 9.82. The zero-order valence-electron chi connectivity index (χ0n) is 15.9. The fourth-order valence-corrected chi connectivity index (χ4v) is 5.18. The van der Waals surface area contributed by atoms with E-state index in [1.807, 2.05) is 6.92 Å². The van der Waals surface area contributed by atoms with Crippen molar-refractivity contribution in [3.63, 3.8) is 0 Å². The van der Waals surface area contributed by atoms with Crippen molar-refractivity contribution in [3.8, 4) is 11.5 Å². The largest absolute Gasteiger partial charge is 0.369 e. The van der Waals surface area contributed by atoms with Gasteiger partial charge in [0, 0.05) is 30.2 Å². The number of anilines is 1. The first-order chi connectivity index (χ1) is 13.7. The molecule has 7 nitrogen and oxygen atoms in total. The maximum Gasteiger partial charge on any atom is 0.183 e. The minimum absolute atomic E-state index is 0.513. The molecule has 4 heterocycles. The second-order valence-corrected chi connectivity index (χ2v) is 8.47. The van der Waals surface area contributed by atoms with Gasteiger partial charge in [0.05, 0.1) is 24.8 Å². The van der Waals surface area contributed by atoms with E-state index < -0.39 is 5.79 Å². The van der Waals surface area contributed by atoms with Gasteiger partial charge >= 0.3 is 0 Å². The summed E-state index contributed by atoms with van der Waals surface area (Å²) in [6.07, 6.45) is 10.5. The predicted molar refractivity (Wildman–Crippen MR) is 108 cm³/mol. The molecular formula is C20H23N5O2S. The van der Waals surface area contributed by atoms with Crippen LogP contribution in [0.15, 0.2) is 18.6 Å². The number of nitrogens with zero attached hydrogens (tertiary/aromatic N) is 4. The molecule has 1 aliphatic heterocycles. The van der Waals surface area contributed by atoms with Gasteiger partial charge in [-0.1, -0.05) is 0 Å². The number of hydrogen-bond acceptors (Lipinski definition) is 8. The SMILES string of the molecule is CC1(CCNc2nc(-c3cnccn3)nc3sc4c(c23)CCCC4)OCCO1. The molecule has 3 aromatic rings. The van der Waals surface area contributed by atoms with E-state index in [1.165, 1.54) is 28.7 Å². The van der Waals surface area contributed by atoms with Gasteiger partial charge in [-0.3, -0.25) is 4.98 Å². The lowest BCUT2D eigenvalue weighted by Gasteiger charge is -2.22. The molecule has 5 rings (SSSR count). The number of thiophene rings is 1. The Labute approximate surface area is 167 Å². The van der Waals surface area contributed by atoms with Crippen LogP contribution >= 0.6 is 11.3 Å². The van der Waals surface area contributed by atoms with Gasteiger partial charge in [-0.15, -0.1) is 11.3 Å². The highest BCUT2D eigenvalue weighted by Gasteiger charge is 2.30. The van der Waals surface area contributed by atoms with Crippen molar-refractivity contribution in [1.82, 2.24) is 19.9 Å². The minimum Gasteiger partial charge on any atom is -0.369 e. The summed E-state index contributed by atoms with van der Waals surface area (Å²) in [7, 11) is 0. The average molecular weight is 398 g/mol. The van der Waals surface area contributed by atoms with Crippen molar-refractivity contribution in [2.45, 2.75) is 44.8 Å². The first kappa shape index (κ1) is 17.9. The second-order valence-electron chi connectivity index (χ2n) is 7.39. The summed E-state index contributed by atoms with van der Waals surface area (Å²) in [5.74, 6) is 0.981. The van der Waals surface area contributed by atoms with Gasteiger partial charge in [-0.2, -0.15) is 0 Å². The molecule has 2 aliphatic rings. The molecule has 0 saturated carbocycles. The molecule has 1 fully saturated rings. The molecule has 8 heteroatoms. The zero-order valence-corrected chi connectivity index (χ0v) is 16.7. The smallest absolute Gasteiger partial charge is 0.183 e. The van der Waals surface area contributed by atoms with Crippen LogP contribution in [0.3, 0.4) is 0 Å². The number of fused-ring (bicyclic) bond motifs is 3. The monoisotopic (exact) mass is 397 g/mol. The summed E-state index contributed by atoms with van der Waals surface area (Å²) in [5, 5.41) is 4.71. The molecular weight excluding hydrogens is 374 g/mol. The molecule has 1 saturated heterocycles. The van der Waals surface area contributed by atoms with Crippen LogP contribution in [-0.2, 0) is 22.3 Å². The normalized spacial score (nSPS) is 18.3. The third-order valence-electron chi connectivity index (χ3n) is 5.38. The second kappa shape index (κ2) is 7.35. The lowest BCUT2D eigenvalue weighted by atomic mass is 9.97. The van der Waals surface area contributed by atoms with Crippen LogP contribution in [0.1, 0.15) is 36.6 Å². The van der Waals surface area contributed by atoms with E-state index in [9.17, 15) is 0 Å². The van der Waals surface area contributed by atoms with Crippen molar-refractivity contribution < 1.29 is 9.47 Å². The van der Waals surface area contributed by atoms with Crippen LogP contribution in [0.25, 0.3) is 21.7 Å². The molecule has 0 bridgehead atoms. The Bertz CT molecular complexity index is 985. The van der Waals surface area contributed by atoms with Gasteiger partial charge in [-0.25, -0.2) is 15.0 Å². The Balaban J connectivity index is 1.51. The van der Waals surface area contributed by atoms with Crippen molar-refractivity contribution >= 4 is 27.4 Å². The molecule has 146 valence electrons. The number of hydrogen-bond donors (Lipinski definition) is 1. The molecule has 3 aromatic heterocycles. The zero-order chi connectivity index (χ0) is 19.0. The fraction of sp³-hybridized carbons (Fsp3) is 0.500. The molecule has 0 atom stereocenters. The van der Waals surface area contributed by atoms with Gasteiger partial charge in [0.15, 0.2) is 11.6 Å². The maximum absolute atomic E-state index is 5.72. The molecule has 0 amide bonds. The highest BCUT2D eigenvalue weighted by Crippen LogP contribution is 2.39. The summed E-state index contributed by atoms with van der Waals surface area (Å²) in [6.45, 7) is 4.02. The Kier molecular flexibility index (Phi) is 4.70. The molecule has 1 N–H and O–H groups in total. The van der Waals surface area contributed by atoms with Crippen LogP contribution in [0.2, 0.25) is 0 Å². The van der Waals surface area contributed by atoms with E-state index in [4.69, 9.17) is 19.4 Å². The van der Waals surface area contributed by atoms with E-state index >= 15 is 0 Å².